The van der Waals surface area contributed by atoms with E-state index in [0.717, 1.165) is 32.5 Å². The summed E-state index contributed by atoms with van der Waals surface area (Å²) in [5, 5.41) is 4.27. The van der Waals surface area contributed by atoms with Crippen LogP contribution in [0, 0.1) is 19.8 Å². The van der Waals surface area contributed by atoms with Crippen LogP contribution in [0.25, 0.3) is 0 Å². The van der Waals surface area contributed by atoms with Gasteiger partial charge in [-0.25, -0.2) is 17.4 Å². The van der Waals surface area contributed by atoms with Crippen molar-refractivity contribution in [2.75, 3.05) is 33.9 Å². The van der Waals surface area contributed by atoms with E-state index >= 15 is 0 Å². The Morgan fingerprint density at radius 2 is 2.00 bits per heavy atom. The topological polar surface area (TPSA) is 73.7 Å². The molecule has 0 saturated carbocycles. The van der Waals surface area contributed by atoms with Gasteiger partial charge in [0.2, 0.25) is 10.0 Å². The molecular formula is C15H27N3O4S. The van der Waals surface area contributed by atoms with Crippen LogP contribution < -0.4 is 0 Å². The highest BCUT2D eigenvalue weighted by atomic mass is 32.2. The van der Waals surface area contributed by atoms with E-state index in [0.29, 0.717) is 28.7 Å². The number of methoxy groups -OCH3 is 1. The Hall–Kier alpha value is -0.960. The number of aromatic nitrogens is 2. The molecule has 1 aliphatic rings. The SMILES string of the molecule is COCn1nc(C)c(S(=O)(=O)N(C)CCC2CCOCC2)c1C. The van der Waals surface area contributed by atoms with Gasteiger partial charge in [-0.15, -0.1) is 0 Å². The lowest BCUT2D eigenvalue weighted by molar-refractivity contribution is 0.0628. The number of hydrogen-bond acceptors (Lipinski definition) is 5. The molecule has 1 fully saturated rings. The van der Waals surface area contributed by atoms with Crippen molar-refractivity contribution >= 4 is 10.0 Å². The van der Waals surface area contributed by atoms with Crippen LogP contribution in [-0.4, -0.2) is 56.4 Å². The number of sulfonamides is 1. The first-order valence-corrected chi connectivity index (χ1v) is 9.39. The van der Waals surface area contributed by atoms with Crippen molar-refractivity contribution < 1.29 is 17.9 Å². The number of ether oxygens (including phenoxy) is 2. The van der Waals surface area contributed by atoms with Crippen LogP contribution >= 0.6 is 0 Å². The minimum atomic E-state index is -3.54. The molecule has 1 aromatic rings. The second kappa shape index (κ2) is 7.74. The Morgan fingerprint density at radius 1 is 1.35 bits per heavy atom. The van der Waals surface area contributed by atoms with Crippen molar-refractivity contribution in [3.8, 4) is 0 Å². The van der Waals surface area contributed by atoms with E-state index in [1.807, 2.05) is 0 Å². The predicted octanol–water partition coefficient (Wildman–Crippen LogP) is 1.54. The molecule has 0 unspecified atom stereocenters. The molecule has 0 spiro atoms. The van der Waals surface area contributed by atoms with Crippen molar-refractivity contribution in [3.63, 3.8) is 0 Å². The van der Waals surface area contributed by atoms with Gasteiger partial charge in [-0.05, 0) is 39.0 Å². The van der Waals surface area contributed by atoms with E-state index in [9.17, 15) is 8.42 Å². The first-order valence-electron chi connectivity index (χ1n) is 7.95. The number of nitrogens with zero attached hydrogens (tertiary/aromatic N) is 3. The van der Waals surface area contributed by atoms with Gasteiger partial charge in [-0.1, -0.05) is 0 Å². The van der Waals surface area contributed by atoms with E-state index in [1.165, 1.54) is 4.31 Å². The van der Waals surface area contributed by atoms with Crippen LogP contribution in [0.1, 0.15) is 30.7 Å². The summed E-state index contributed by atoms with van der Waals surface area (Å²) < 4.78 is 39.2. The highest BCUT2D eigenvalue weighted by molar-refractivity contribution is 7.89. The quantitative estimate of drug-likeness (QED) is 0.749. The summed E-state index contributed by atoms with van der Waals surface area (Å²) in [6, 6.07) is 0. The van der Waals surface area contributed by atoms with Crippen molar-refractivity contribution in [2.45, 2.75) is 44.7 Å². The molecule has 2 rings (SSSR count). The Morgan fingerprint density at radius 3 is 2.61 bits per heavy atom. The summed E-state index contributed by atoms with van der Waals surface area (Å²) in [5.41, 5.74) is 1.12. The molecule has 0 atom stereocenters. The third-order valence-corrected chi connectivity index (χ3v) is 6.54. The average Bonchev–Trinajstić information content (AvgIpc) is 2.81. The van der Waals surface area contributed by atoms with Crippen molar-refractivity contribution in [3.05, 3.63) is 11.4 Å². The van der Waals surface area contributed by atoms with Crippen LogP contribution in [-0.2, 0) is 26.2 Å². The molecule has 0 N–H and O–H groups in total. The van der Waals surface area contributed by atoms with E-state index in [4.69, 9.17) is 9.47 Å². The van der Waals surface area contributed by atoms with E-state index in [-0.39, 0.29) is 6.73 Å². The maximum Gasteiger partial charge on any atom is 0.246 e. The van der Waals surface area contributed by atoms with Gasteiger partial charge in [0.1, 0.15) is 11.6 Å². The van der Waals surface area contributed by atoms with Gasteiger partial charge in [0, 0.05) is 33.9 Å². The van der Waals surface area contributed by atoms with Gasteiger partial charge in [-0.2, -0.15) is 5.10 Å². The van der Waals surface area contributed by atoms with E-state index in [1.54, 1.807) is 32.7 Å². The number of aryl methyl sites for hydroxylation is 1. The molecule has 1 saturated heterocycles. The fraction of sp³-hybridized carbons (Fsp3) is 0.800. The fourth-order valence-electron chi connectivity index (χ4n) is 2.98. The van der Waals surface area contributed by atoms with Crippen molar-refractivity contribution in [1.82, 2.24) is 14.1 Å². The lowest BCUT2D eigenvalue weighted by Gasteiger charge is -2.24. The molecular weight excluding hydrogens is 318 g/mol. The molecule has 0 bridgehead atoms. The summed E-state index contributed by atoms with van der Waals surface area (Å²) >= 11 is 0. The summed E-state index contributed by atoms with van der Waals surface area (Å²) in [6.07, 6.45) is 2.89. The summed E-state index contributed by atoms with van der Waals surface area (Å²) in [5.74, 6) is 0.541. The minimum Gasteiger partial charge on any atom is -0.381 e. The molecule has 1 aromatic heterocycles. The molecule has 0 radical (unpaired) electrons. The third-order valence-electron chi connectivity index (χ3n) is 4.43. The summed E-state index contributed by atoms with van der Waals surface area (Å²) in [4.78, 5) is 0.295. The molecule has 23 heavy (non-hydrogen) atoms. The van der Waals surface area contributed by atoms with Crippen molar-refractivity contribution in [1.29, 1.82) is 0 Å². The van der Waals surface area contributed by atoms with Crippen molar-refractivity contribution in [2.24, 2.45) is 5.92 Å². The van der Waals surface area contributed by atoms with Gasteiger partial charge < -0.3 is 9.47 Å². The molecule has 0 amide bonds. The van der Waals surface area contributed by atoms with Crippen LogP contribution in [0.4, 0.5) is 0 Å². The zero-order valence-corrected chi connectivity index (χ0v) is 15.2. The molecule has 0 aromatic carbocycles. The number of rotatable bonds is 7. The standard InChI is InChI=1S/C15H27N3O4S/c1-12-15(13(2)18(16-12)11-21-4)23(19,20)17(3)8-5-14-6-9-22-10-7-14/h14H,5-11H2,1-4H3. The highest BCUT2D eigenvalue weighted by Crippen LogP contribution is 2.24. The van der Waals surface area contributed by atoms with Crippen LogP contribution in [0.3, 0.4) is 0 Å². The van der Waals surface area contributed by atoms with E-state index < -0.39 is 10.0 Å². The Labute approximate surface area is 138 Å². The fourth-order valence-corrected chi connectivity index (χ4v) is 4.53. The average molecular weight is 345 g/mol. The van der Waals surface area contributed by atoms with Gasteiger partial charge in [-0.3, -0.25) is 0 Å². The highest BCUT2D eigenvalue weighted by Gasteiger charge is 2.29. The van der Waals surface area contributed by atoms with Gasteiger partial charge in [0.05, 0.1) is 11.4 Å². The van der Waals surface area contributed by atoms with Crippen LogP contribution in [0.5, 0.6) is 0 Å². The second-order valence-electron chi connectivity index (χ2n) is 6.09. The second-order valence-corrected chi connectivity index (χ2v) is 8.07. The van der Waals surface area contributed by atoms with E-state index in [2.05, 4.69) is 5.10 Å². The Bertz CT molecular complexity index is 621. The summed E-state index contributed by atoms with van der Waals surface area (Å²) in [6.45, 7) is 5.80. The molecule has 0 aliphatic carbocycles. The largest absolute Gasteiger partial charge is 0.381 e. The van der Waals surface area contributed by atoms with Gasteiger partial charge in [0.15, 0.2) is 0 Å². The molecule has 7 nitrogen and oxygen atoms in total. The molecule has 8 heteroatoms. The minimum absolute atomic E-state index is 0.244. The zero-order chi connectivity index (χ0) is 17.0. The predicted molar refractivity (Wildman–Crippen MR) is 86.7 cm³/mol. The summed E-state index contributed by atoms with van der Waals surface area (Å²) in [7, 11) is -0.335. The Kier molecular flexibility index (Phi) is 6.19. The zero-order valence-electron chi connectivity index (χ0n) is 14.4. The monoisotopic (exact) mass is 345 g/mol. The molecule has 1 aliphatic heterocycles. The third kappa shape index (κ3) is 4.12. The maximum absolute atomic E-state index is 12.9. The lowest BCUT2D eigenvalue weighted by Crippen LogP contribution is -2.31. The smallest absolute Gasteiger partial charge is 0.246 e. The van der Waals surface area contributed by atoms with Gasteiger partial charge >= 0.3 is 0 Å². The number of hydrogen-bond donors (Lipinski definition) is 0. The van der Waals surface area contributed by atoms with Crippen LogP contribution in [0.2, 0.25) is 0 Å². The normalized spacial score (nSPS) is 17.1. The first-order chi connectivity index (χ1) is 10.9. The maximum atomic E-state index is 12.9. The lowest BCUT2D eigenvalue weighted by atomic mass is 9.97. The Balaban J connectivity index is 2.10. The molecule has 132 valence electrons. The van der Waals surface area contributed by atoms with Gasteiger partial charge in [0.25, 0.3) is 0 Å². The first kappa shape index (κ1) is 18.4. The van der Waals surface area contributed by atoms with Crippen LogP contribution in [0.15, 0.2) is 4.90 Å². The molecule has 2 heterocycles.